The number of carbonyl (C=O) groups excluding carboxylic acids is 1. The monoisotopic (exact) mass is 523 g/mol. The van der Waals surface area contributed by atoms with Crippen molar-refractivity contribution in [2.24, 2.45) is 0 Å². The van der Waals surface area contributed by atoms with Crippen molar-refractivity contribution in [1.82, 2.24) is 19.9 Å². The molecule has 2 aromatic carbocycles. The minimum atomic E-state index is -0.332. The summed E-state index contributed by atoms with van der Waals surface area (Å²) in [6.45, 7) is 8.41. The summed E-state index contributed by atoms with van der Waals surface area (Å²) >= 11 is 6.12. The maximum absolute atomic E-state index is 12.0. The largest absolute Gasteiger partial charge is 0.491 e. The second-order valence-corrected chi connectivity index (χ2v) is 8.77. The van der Waals surface area contributed by atoms with E-state index in [9.17, 15) is 4.79 Å². The van der Waals surface area contributed by atoms with E-state index in [1.807, 2.05) is 36.2 Å². The summed E-state index contributed by atoms with van der Waals surface area (Å²) in [7, 11) is 1.85. The van der Waals surface area contributed by atoms with Crippen LogP contribution in [-0.4, -0.2) is 72.3 Å². The summed E-state index contributed by atoms with van der Waals surface area (Å²) in [6.07, 6.45) is 3.51. The second-order valence-electron chi connectivity index (χ2n) is 8.33. The topological polar surface area (TPSA) is 105 Å². The molecule has 1 aliphatic rings. The quantitative estimate of drug-likeness (QED) is 0.281. The molecule has 11 heteroatoms. The van der Waals surface area contributed by atoms with Crippen LogP contribution in [0.15, 0.2) is 61.4 Å². The molecule has 0 aliphatic carbocycles. The molecule has 1 amide bonds. The Bertz CT molecular complexity index is 1220. The van der Waals surface area contributed by atoms with E-state index in [0.717, 1.165) is 45.0 Å². The highest BCUT2D eigenvalue weighted by molar-refractivity contribution is 6.30. The number of hydrogen-bond acceptors (Lipinski definition) is 9. The zero-order chi connectivity index (χ0) is 26.0. The van der Waals surface area contributed by atoms with Gasteiger partial charge in [-0.25, -0.2) is 9.97 Å². The summed E-state index contributed by atoms with van der Waals surface area (Å²) in [5, 5.41) is 6.59. The van der Waals surface area contributed by atoms with Crippen molar-refractivity contribution in [3.05, 3.63) is 66.5 Å². The fourth-order valence-corrected chi connectivity index (χ4v) is 3.93. The molecule has 3 aromatic rings. The third-order valence-electron chi connectivity index (χ3n) is 5.71. The number of nitrogens with one attached hydrogen (secondary N) is 2. The minimum absolute atomic E-state index is 0.332. The van der Waals surface area contributed by atoms with Crippen LogP contribution in [-0.2, 0) is 9.53 Å². The van der Waals surface area contributed by atoms with E-state index in [4.69, 9.17) is 21.1 Å². The number of ether oxygens (including phenoxy) is 2. The van der Waals surface area contributed by atoms with E-state index < -0.39 is 0 Å². The molecular weight excluding hydrogens is 494 g/mol. The van der Waals surface area contributed by atoms with Crippen LogP contribution in [0, 0.1) is 0 Å². The van der Waals surface area contributed by atoms with E-state index >= 15 is 0 Å². The summed E-state index contributed by atoms with van der Waals surface area (Å²) in [5.74, 6) is 1.03. The smallest absolute Gasteiger partial charge is 0.247 e. The van der Waals surface area contributed by atoms with E-state index in [1.165, 1.54) is 12.4 Å². The molecule has 1 saturated heterocycles. The van der Waals surface area contributed by atoms with Gasteiger partial charge in [0.05, 0.1) is 25.5 Å². The molecule has 0 saturated carbocycles. The normalized spacial score (nSPS) is 13.6. The van der Waals surface area contributed by atoms with Crippen LogP contribution in [0.2, 0.25) is 5.02 Å². The van der Waals surface area contributed by atoms with Crippen LogP contribution in [0.25, 0.3) is 0 Å². The van der Waals surface area contributed by atoms with Gasteiger partial charge in [0.15, 0.2) is 0 Å². The molecule has 1 aliphatic heterocycles. The first-order valence-corrected chi connectivity index (χ1v) is 12.4. The summed E-state index contributed by atoms with van der Waals surface area (Å²) in [4.78, 5) is 29.2. The van der Waals surface area contributed by atoms with Crippen LogP contribution in [0.1, 0.15) is 6.42 Å². The van der Waals surface area contributed by atoms with Crippen LogP contribution in [0.3, 0.4) is 0 Å². The number of benzene rings is 2. The molecule has 2 heterocycles. The van der Waals surface area contributed by atoms with Gasteiger partial charge < -0.3 is 25.0 Å². The molecule has 4 rings (SSSR count). The highest BCUT2D eigenvalue weighted by atomic mass is 35.5. The predicted octanol–water partition coefficient (Wildman–Crippen LogP) is 4.26. The number of hydrogen-bond donors (Lipinski definition) is 2. The maximum Gasteiger partial charge on any atom is 0.247 e. The minimum Gasteiger partial charge on any atom is -0.491 e. The lowest BCUT2D eigenvalue weighted by Crippen LogP contribution is -2.37. The average molecular weight is 524 g/mol. The molecule has 10 nitrogen and oxygen atoms in total. The molecular formula is C26H30ClN7O3. The number of morpholine rings is 1. The Morgan fingerprint density at radius 3 is 2.86 bits per heavy atom. The number of halogens is 1. The predicted molar refractivity (Wildman–Crippen MR) is 145 cm³/mol. The molecule has 194 valence electrons. The van der Waals surface area contributed by atoms with E-state index in [0.29, 0.717) is 40.7 Å². The van der Waals surface area contributed by atoms with Gasteiger partial charge in [0.25, 0.3) is 0 Å². The molecule has 1 aromatic heterocycles. The van der Waals surface area contributed by atoms with Gasteiger partial charge in [0.1, 0.15) is 12.1 Å². The van der Waals surface area contributed by atoms with E-state index in [2.05, 4.69) is 37.1 Å². The number of aromatic nitrogens is 3. The fourth-order valence-electron chi connectivity index (χ4n) is 3.75. The van der Waals surface area contributed by atoms with E-state index in [-0.39, 0.29) is 5.91 Å². The zero-order valence-electron chi connectivity index (χ0n) is 20.7. The third kappa shape index (κ3) is 7.63. The SMILES string of the molecule is C=CC(=O)Nc1cc(Nc2ncnc(N(C)c3cccc(Cl)c3)n2)ccc1OCCCN1CCOCC1. The van der Waals surface area contributed by atoms with Crippen molar-refractivity contribution in [3.63, 3.8) is 0 Å². The second kappa shape index (κ2) is 13.0. The number of carbonyl (C=O) groups is 1. The van der Waals surface area contributed by atoms with Crippen LogP contribution < -0.4 is 20.3 Å². The molecule has 0 unspecified atom stereocenters. The Balaban J connectivity index is 1.43. The van der Waals surface area contributed by atoms with Crippen molar-refractivity contribution >= 4 is 46.5 Å². The fraction of sp³-hybridized carbons (Fsp3) is 0.308. The van der Waals surface area contributed by atoms with Gasteiger partial charge in [0.2, 0.25) is 17.8 Å². The van der Waals surface area contributed by atoms with Gasteiger partial charge in [-0.1, -0.05) is 24.2 Å². The molecule has 2 N–H and O–H groups in total. The first-order chi connectivity index (χ1) is 18.0. The Labute approximate surface area is 221 Å². The molecule has 1 fully saturated rings. The zero-order valence-corrected chi connectivity index (χ0v) is 21.4. The lowest BCUT2D eigenvalue weighted by Gasteiger charge is -2.26. The van der Waals surface area contributed by atoms with Crippen molar-refractivity contribution < 1.29 is 14.3 Å². The van der Waals surface area contributed by atoms with Crippen LogP contribution >= 0.6 is 11.6 Å². The third-order valence-corrected chi connectivity index (χ3v) is 5.95. The molecule has 0 spiro atoms. The van der Waals surface area contributed by atoms with Gasteiger partial charge in [-0.2, -0.15) is 4.98 Å². The van der Waals surface area contributed by atoms with Crippen LogP contribution in [0.5, 0.6) is 5.75 Å². The van der Waals surface area contributed by atoms with Crippen molar-refractivity contribution in [2.45, 2.75) is 6.42 Å². The molecule has 0 atom stereocenters. The van der Waals surface area contributed by atoms with Gasteiger partial charge in [-0.3, -0.25) is 9.69 Å². The van der Waals surface area contributed by atoms with Crippen molar-refractivity contribution in [2.75, 3.05) is 62.0 Å². The number of amides is 1. The van der Waals surface area contributed by atoms with Gasteiger partial charge in [-0.15, -0.1) is 0 Å². The highest BCUT2D eigenvalue weighted by Gasteiger charge is 2.13. The van der Waals surface area contributed by atoms with Crippen molar-refractivity contribution in [3.8, 4) is 5.75 Å². The summed E-state index contributed by atoms with van der Waals surface area (Å²) in [5.41, 5.74) is 2.03. The summed E-state index contributed by atoms with van der Waals surface area (Å²) in [6, 6.07) is 12.8. The molecule has 37 heavy (non-hydrogen) atoms. The average Bonchev–Trinajstić information content (AvgIpc) is 2.92. The molecule has 0 radical (unpaired) electrons. The number of rotatable bonds is 11. The Morgan fingerprint density at radius 1 is 1.24 bits per heavy atom. The first-order valence-electron chi connectivity index (χ1n) is 12.0. The Hall–Kier alpha value is -3.73. The van der Waals surface area contributed by atoms with Crippen LogP contribution in [0.4, 0.5) is 29.0 Å². The maximum atomic E-state index is 12.0. The lowest BCUT2D eigenvalue weighted by atomic mass is 10.2. The van der Waals surface area contributed by atoms with Gasteiger partial charge in [-0.05, 0) is 48.9 Å². The first kappa shape index (κ1) is 26.3. The summed E-state index contributed by atoms with van der Waals surface area (Å²) < 4.78 is 11.4. The van der Waals surface area contributed by atoms with Gasteiger partial charge in [0, 0.05) is 43.1 Å². The lowest BCUT2D eigenvalue weighted by molar-refractivity contribution is -0.111. The van der Waals surface area contributed by atoms with Gasteiger partial charge >= 0.3 is 0 Å². The highest BCUT2D eigenvalue weighted by Crippen LogP contribution is 2.30. The Morgan fingerprint density at radius 2 is 2.08 bits per heavy atom. The van der Waals surface area contributed by atoms with E-state index in [1.54, 1.807) is 18.2 Å². The standard InChI is InChI=1S/C26H30ClN7O3/c1-3-24(35)31-22-17-20(8-9-23(22)37-13-5-10-34-11-14-36-15-12-34)30-25-28-18-29-26(32-25)33(2)21-7-4-6-19(27)16-21/h3-4,6-9,16-18H,1,5,10-15H2,2H3,(H,31,35)(H,28,29,30,32). The number of nitrogens with zero attached hydrogens (tertiary/aromatic N) is 5. The van der Waals surface area contributed by atoms with Crippen molar-refractivity contribution in [1.29, 1.82) is 0 Å². The Kier molecular flexibility index (Phi) is 9.25. The molecule has 0 bridgehead atoms. The number of anilines is 5.